The van der Waals surface area contributed by atoms with E-state index in [1.54, 1.807) is 0 Å². The first kappa shape index (κ1) is 18.0. The Balaban J connectivity index is 0.00000220. The van der Waals surface area contributed by atoms with Crippen LogP contribution >= 0.6 is 12.4 Å². The fraction of sp³-hybridized carbons (Fsp3) is 0.562. The summed E-state index contributed by atoms with van der Waals surface area (Å²) in [6, 6.07) is 8.53. The first-order valence-electron chi connectivity index (χ1n) is 7.51. The number of hydrogen-bond donors (Lipinski definition) is 2. The van der Waals surface area contributed by atoms with Crippen molar-refractivity contribution < 1.29 is 4.79 Å². The van der Waals surface area contributed by atoms with Gasteiger partial charge in [-0.2, -0.15) is 0 Å². The van der Waals surface area contributed by atoms with E-state index in [1.165, 1.54) is 5.56 Å². The van der Waals surface area contributed by atoms with Gasteiger partial charge >= 0.3 is 0 Å². The SMILES string of the molecule is CCN(CC)Cc1ccc(CNC(=O)C2CNC2)cc1.Cl. The van der Waals surface area contributed by atoms with E-state index in [2.05, 4.69) is 53.6 Å². The maximum Gasteiger partial charge on any atom is 0.225 e. The van der Waals surface area contributed by atoms with Crippen LogP contribution in [0.25, 0.3) is 0 Å². The fourth-order valence-corrected chi connectivity index (χ4v) is 2.28. The summed E-state index contributed by atoms with van der Waals surface area (Å²) in [5.74, 6) is 0.327. The van der Waals surface area contributed by atoms with Gasteiger partial charge in [-0.25, -0.2) is 0 Å². The zero-order valence-electron chi connectivity index (χ0n) is 12.9. The molecule has 1 heterocycles. The Morgan fingerprint density at radius 2 is 1.76 bits per heavy atom. The van der Waals surface area contributed by atoms with Crippen LogP contribution in [0.5, 0.6) is 0 Å². The number of amides is 1. The largest absolute Gasteiger partial charge is 0.352 e. The molecule has 118 valence electrons. The lowest BCUT2D eigenvalue weighted by Gasteiger charge is -2.25. The van der Waals surface area contributed by atoms with Crippen LogP contribution in [0.2, 0.25) is 0 Å². The molecular weight excluding hydrogens is 286 g/mol. The van der Waals surface area contributed by atoms with Gasteiger partial charge in [-0.1, -0.05) is 38.1 Å². The predicted octanol–water partition coefficient (Wildman–Crippen LogP) is 1.79. The van der Waals surface area contributed by atoms with Gasteiger partial charge in [0.05, 0.1) is 5.92 Å². The lowest BCUT2D eigenvalue weighted by atomic mass is 10.0. The number of carbonyl (C=O) groups is 1. The van der Waals surface area contributed by atoms with Gasteiger partial charge in [-0.05, 0) is 24.2 Å². The van der Waals surface area contributed by atoms with Crippen molar-refractivity contribution in [1.82, 2.24) is 15.5 Å². The Morgan fingerprint density at radius 1 is 1.19 bits per heavy atom. The Morgan fingerprint density at radius 3 is 2.24 bits per heavy atom. The molecule has 5 heteroatoms. The molecule has 1 aromatic carbocycles. The monoisotopic (exact) mass is 311 g/mol. The summed E-state index contributed by atoms with van der Waals surface area (Å²) in [6.45, 7) is 9.76. The molecule has 1 aliphatic rings. The Labute approximate surface area is 133 Å². The van der Waals surface area contributed by atoms with E-state index >= 15 is 0 Å². The molecule has 0 radical (unpaired) electrons. The zero-order valence-corrected chi connectivity index (χ0v) is 13.7. The number of benzene rings is 1. The van der Waals surface area contributed by atoms with Crippen molar-refractivity contribution >= 4 is 18.3 Å². The van der Waals surface area contributed by atoms with Crippen LogP contribution in [0.4, 0.5) is 0 Å². The molecule has 2 N–H and O–H groups in total. The summed E-state index contributed by atoms with van der Waals surface area (Å²) in [5.41, 5.74) is 2.49. The maximum absolute atomic E-state index is 11.7. The molecule has 4 nitrogen and oxygen atoms in total. The van der Waals surface area contributed by atoms with Crippen molar-refractivity contribution in [3.63, 3.8) is 0 Å². The van der Waals surface area contributed by atoms with Gasteiger partial charge in [-0.3, -0.25) is 9.69 Å². The highest BCUT2D eigenvalue weighted by atomic mass is 35.5. The normalized spacial score (nSPS) is 14.4. The number of nitrogens with zero attached hydrogens (tertiary/aromatic N) is 1. The van der Waals surface area contributed by atoms with Crippen LogP contribution in [0.3, 0.4) is 0 Å². The van der Waals surface area contributed by atoms with Crippen LogP contribution in [0.1, 0.15) is 25.0 Å². The Hall–Kier alpha value is -1.10. The number of nitrogens with one attached hydrogen (secondary N) is 2. The number of hydrogen-bond acceptors (Lipinski definition) is 3. The predicted molar refractivity (Wildman–Crippen MR) is 88.5 cm³/mol. The highest BCUT2D eigenvalue weighted by Gasteiger charge is 2.24. The van der Waals surface area contributed by atoms with Crippen molar-refractivity contribution in [3.8, 4) is 0 Å². The van der Waals surface area contributed by atoms with Gasteiger partial charge < -0.3 is 10.6 Å². The minimum atomic E-state index is 0. The third kappa shape index (κ3) is 5.30. The van der Waals surface area contributed by atoms with E-state index in [1.807, 2.05) is 0 Å². The van der Waals surface area contributed by atoms with Gasteiger partial charge in [0, 0.05) is 26.2 Å². The van der Waals surface area contributed by atoms with Gasteiger partial charge in [-0.15, -0.1) is 12.4 Å². The molecule has 1 saturated heterocycles. The average Bonchev–Trinajstić information content (AvgIpc) is 2.42. The molecule has 0 bridgehead atoms. The Bertz CT molecular complexity index is 428. The maximum atomic E-state index is 11.7. The van der Waals surface area contributed by atoms with E-state index < -0.39 is 0 Å². The first-order chi connectivity index (χ1) is 9.72. The minimum Gasteiger partial charge on any atom is -0.352 e. The molecule has 1 aromatic rings. The second-order valence-corrected chi connectivity index (χ2v) is 5.35. The molecule has 0 unspecified atom stereocenters. The number of halogens is 1. The summed E-state index contributed by atoms with van der Waals surface area (Å²) in [5, 5.41) is 6.11. The van der Waals surface area contributed by atoms with Crippen LogP contribution in [0.15, 0.2) is 24.3 Å². The summed E-state index contributed by atoms with van der Waals surface area (Å²) < 4.78 is 0. The van der Waals surface area contributed by atoms with Crippen LogP contribution in [-0.2, 0) is 17.9 Å². The van der Waals surface area contributed by atoms with Crippen LogP contribution in [0, 0.1) is 5.92 Å². The van der Waals surface area contributed by atoms with Crippen molar-refractivity contribution in [2.45, 2.75) is 26.9 Å². The lowest BCUT2D eigenvalue weighted by Crippen LogP contribution is -2.50. The van der Waals surface area contributed by atoms with Crippen molar-refractivity contribution in [2.24, 2.45) is 5.92 Å². The molecule has 1 aliphatic heterocycles. The fourth-order valence-electron chi connectivity index (χ4n) is 2.28. The molecule has 0 spiro atoms. The molecular formula is C16H26ClN3O. The van der Waals surface area contributed by atoms with Crippen LogP contribution in [-0.4, -0.2) is 37.0 Å². The topological polar surface area (TPSA) is 44.4 Å². The quantitative estimate of drug-likeness (QED) is 0.807. The number of rotatable bonds is 7. The average molecular weight is 312 g/mol. The van der Waals surface area contributed by atoms with E-state index in [4.69, 9.17) is 0 Å². The van der Waals surface area contributed by atoms with E-state index in [-0.39, 0.29) is 24.2 Å². The molecule has 1 fully saturated rings. The third-order valence-electron chi connectivity index (χ3n) is 3.94. The molecule has 2 rings (SSSR count). The minimum absolute atomic E-state index is 0. The van der Waals surface area contributed by atoms with Gasteiger partial charge in [0.15, 0.2) is 0 Å². The molecule has 0 aliphatic carbocycles. The summed E-state index contributed by atoms with van der Waals surface area (Å²) >= 11 is 0. The molecule has 0 saturated carbocycles. The van der Waals surface area contributed by atoms with Gasteiger partial charge in [0.1, 0.15) is 0 Å². The molecule has 0 atom stereocenters. The van der Waals surface area contributed by atoms with E-state index in [9.17, 15) is 4.79 Å². The molecule has 1 amide bonds. The highest BCUT2D eigenvalue weighted by molar-refractivity contribution is 5.85. The van der Waals surface area contributed by atoms with Gasteiger partial charge in [0.2, 0.25) is 5.91 Å². The summed E-state index contributed by atoms with van der Waals surface area (Å²) in [7, 11) is 0. The summed E-state index contributed by atoms with van der Waals surface area (Å²) in [6.07, 6.45) is 0. The summed E-state index contributed by atoms with van der Waals surface area (Å²) in [4.78, 5) is 14.1. The first-order valence-corrected chi connectivity index (χ1v) is 7.51. The number of carbonyl (C=O) groups excluding carboxylic acids is 1. The van der Waals surface area contributed by atoms with E-state index in [0.29, 0.717) is 6.54 Å². The van der Waals surface area contributed by atoms with Crippen molar-refractivity contribution in [2.75, 3.05) is 26.2 Å². The van der Waals surface area contributed by atoms with Crippen molar-refractivity contribution in [1.29, 1.82) is 0 Å². The Kier molecular flexibility index (Phi) is 7.72. The van der Waals surface area contributed by atoms with Gasteiger partial charge in [0.25, 0.3) is 0 Å². The van der Waals surface area contributed by atoms with Crippen LogP contribution < -0.4 is 10.6 Å². The zero-order chi connectivity index (χ0) is 14.4. The lowest BCUT2D eigenvalue weighted by molar-refractivity contribution is -0.126. The molecule has 0 aromatic heterocycles. The standard InChI is InChI=1S/C16H25N3O.ClH/c1-3-19(4-2)12-14-7-5-13(6-8-14)9-18-16(20)15-10-17-11-15;/h5-8,15,17H,3-4,9-12H2,1-2H3,(H,18,20);1H. The third-order valence-corrected chi connectivity index (χ3v) is 3.94. The van der Waals surface area contributed by atoms with Crippen molar-refractivity contribution in [3.05, 3.63) is 35.4 Å². The highest BCUT2D eigenvalue weighted by Crippen LogP contribution is 2.08. The second-order valence-electron chi connectivity index (χ2n) is 5.35. The molecule has 21 heavy (non-hydrogen) atoms. The smallest absolute Gasteiger partial charge is 0.225 e. The second kappa shape index (κ2) is 9.03. The van der Waals surface area contributed by atoms with E-state index in [0.717, 1.165) is 38.3 Å².